The summed E-state index contributed by atoms with van der Waals surface area (Å²) in [5.41, 5.74) is 5.50. The van der Waals surface area contributed by atoms with Crippen LogP contribution in [0.25, 0.3) is 23.8 Å². The van der Waals surface area contributed by atoms with E-state index in [1.54, 1.807) is 0 Å². The smallest absolute Gasteiger partial charge is 0.0119 e. The fraction of sp³-hybridized carbons (Fsp3) is 0.294. The minimum absolute atomic E-state index is 0.822. The molecule has 1 aromatic rings. The summed E-state index contributed by atoms with van der Waals surface area (Å²) in [4.78, 5) is 0. The number of hydrogen-bond donors (Lipinski definition) is 0. The molecule has 3 aliphatic rings. The molecule has 0 aromatic heterocycles. The van der Waals surface area contributed by atoms with Crippen molar-refractivity contribution in [3.63, 3.8) is 0 Å². The predicted molar refractivity (Wildman–Crippen MR) is 73.7 cm³/mol. The highest BCUT2D eigenvalue weighted by Gasteiger charge is 2.35. The summed E-state index contributed by atoms with van der Waals surface area (Å²) >= 11 is 0. The normalized spacial score (nSPS) is 27.4. The average Bonchev–Trinajstić information content (AvgIpc) is 2.99. The maximum atomic E-state index is 4.21. The molecule has 1 aromatic carbocycles. The molecule has 0 saturated heterocycles. The van der Waals surface area contributed by atoms with E-state index in [9.17, 15) is 0 Å². The SMILES string of the molecule is C=Cc1cc2c(c3c1C(=C)CC3)=CC1CC1C=2. The van der Waals surface area contributed by atoms with Crippen LogP contribution < -0.4 is 10.4 Å². The van der Waals surface area contributed by atoms with E-state index in [0.29, 0.717) is 0 Å². The van der Waals surface area contributed by atoms with E-state index in [-0.39, 0.29) is 0 Å². The molecule has 84 valence electrons. The molecule has 1 fully saturated rings. The fourth-order valence-electron chi connectivity index (χ4n) is 3.44. The third kappa shape index (κ3) is 1.18. The molecule has 0 nitrogen and oxygen atoms in total. The first-order chi connectivity index (χ1) is 8.28. The van der Waals surface area contributed by atoms with Crippen LogP contribution in [-0.2, 0) is 6.42 Å². The van der Waals surface area contributed by atoms with Crippen LogP contribution in [0.4, 0.5) is 0 Å². The molecule has 1 saturated carbocycles. The summed E-state index contributed by atoms with van der Waals surface area (Å²) in [5, 5.41) is 2.94. The van der Waals surface area contributed by atoms with Gasteiger partial charge in [0.25, 0.3) is 0 Å². The second-order valence-corrected chi connectivity index (χ2v) is 5.53. The summed E-state index contributed by atoms with van der Waals surface area (Å²) < 4.78 is 0. The standard InChI is InChI=1S/C17H16/c1-3-11-6-14-8-12-7-13(12)9-16(14)15-5-4-10(2)17(11)15/h3,6,8-9,12-13H,1-2,4-5,7H2. The quantitative estimate of drug-likeness (QED) is 0.682. The van der Waals surface area contributed by atoms with Gasteiger partial charge in [0, 0.05) is 0 Å². The number of benzene rings is 1. The van der Waals surface area contributed by atoms with Crippen molar-refractivity contribution in [2.75, 3.05) is 0 Å². The first-order valence-electron chi connectivity index (χ1n) is 6.48. The molecule has 0 heteroatoms. The van der Waals surface area contributed by atoms with Gasteiger partial charge in [-0.2, -0.15) is 0 Å². The van der Waals surface area contributed by atoms with Crippen molar-refractivity contribution in [1.82, 2.24) is 0 Å². The summed E-state index contributed by atoms with van der Waals surface area (Å²) in [6, 6.07) is 2.31. The largest absolute Gasteiger partial charge is 0.0984 e. The van der Waals surface area contributed by atoms with Crippen molar-refractivity contribution in [1.29, 1.82) is 0 Å². The van der Waals surface area contributed by atoms with Gasteiger partial charge < -0.3 is 0 Å². The molecule has 0 radical (unpaired) electrons. The van der Waals surface area contributed by atoms with E-state index in [4.69, 9.17) is 0 Å². The maximum absolute atomic E-state index is 4.21. The summed E-state index contributed by atoms with van der Waals surface area (Å²) in [6.45, 7) is 8.17. The Kier molecular flexibility index (Phi) is 1.68. The Balaban J connectivity index is 2.16. The zero-order chi connectivity index (χ0) is 11.6. The van der Waals surface area contributed by atoms with Crippen LogP contribution in [0, 0.1) is 11.8 Å². The van der Waals surface area contributed by atoms with Gasteiger partial charge in [-0.05, 0) is 69.9 Å². The number of allylic oxidation sites excluding steroid dienone is 1. The number of fused-ring (bicyclic) bond motifs is 4. The molecule has 0 aliphatic heterocycles. The lowest BCUT2D eigenvalue weighted by molar-refractivity contribution is 1.03. The highest BCUT2D eigenvalue weighted by molar-refractivity contribution is 5.79. The summed E-state index contributed by atoms with van der Waals surface area (Å²) in [7, 11) is 0. The number of hydrogen-bond acceptors (Lipinski definition) is 0. The van der Waals surface area contributed by atoms with Gasteiger partial charge in [0.05, 0.1) is 0 Å². The first-order valence-corrected chi connectivity index (χ1v) is 6.48. The molecule has 2 unspecified atom stereocenters. The molecule has 4 rings (SSSR count). The van der Waals surface area contributed by atoms with E-state index in [1.165, 1.54) is 45.5 Å². The van der Waals surface area contributed by atoms with Crippen LogP contribution in [0.5, 0.6) is 0 Å². The van der Waals surface area contributed by atoms with Crippen molar-refractivity contribution < 1.29 is 0 Å². The van der Waals surface area contributed by atoms with Crippen LogP contribution in [0.1, 0.15) is 29.5 Å². The van der Waals surface area contributed by atoms with Crippen LogP contribution in [0.15, 0.2) is 19.2 Å². The lowest BCUT2D eigenvalue weighted by atomic mass is 9.95. The Morgan fingerprint density at radius 1 is 1.18 bits per heavy atom. The van der Waals surface area contributed by atoms with Crippen molar-refractivity contribution in [2.45, 2.75) is 19.3 Å². The Bertz CT molecular complexity index is 673. The van der Waals surface area contributed by atoms with E-state index >= 15 is 0 Å². The zero-order valence-electron chi connectivity index (χ0n) is 10.00. The van der Waals surface area contributed by atoms with E-state index in [1.807, 2.05) is 6.08 Å². The Morgan fingerprint density at radius 3 is 2.82 bits per heavy atom. The molecule has 0 amide bonds. The van der Waals surface area contributed by atoms with Gasteiger partial charge >= 0.3 is 0 Å². The monoisotopic (exact) mass is 220 g/mol. The molecule has 0 spiro atoms. The van der Waals surface area contributed by atoms with Crippen LogP contribution in [-0.4, -0.2) is 0 Å². The van der Waals surface area contributed by atoms with Gasteiger partial charge in [-0.3, -0.25) is 0 Å². The van der Waals surface area contributed by atoms with Crippen molar-refractivity contribution >= 4 is 23.8 Å². The fourth-order valence-corrected chi connectivity index (χ4v) is 3.44. The van der Waals surface area contributed by atoms with Crippen LogP contribution in [0.2, 0.25) is 0 Å². The highest BCUT2D eigenvalue weighted by Crippen LogP contribution is 2.42. The predicted octanol–water partition coefficient (Wildman–Crippen LogP) is 2.50. The highest BCUT2D eigenvalue weighted by atomic mass is 14.4. The number of rotatable bonds is 1. The van der Waals surface area contributed by atoms with Crippen molar-refractivity contribution in [3.8, 4) is 0 Å². The second kappa shape index (κ2) is 3.01. The van der Waals surface area contributed by atoms with Gasteiger partial charge in [-0.15, -0.1) is 0 Å². The molecule has 17 heavy (non-hydrogen) atoms. The molecule has 0 bridgehead atoms. The van der Waals surface area contributed by atoms with Crippen molar-refractivity contribution in [3.05, 3.63) is 46.4 Å². The Morgan fingerprint density at radius 2 is 2.00 bits per heavy atom. The van der Waals surface area contributed by atoms with E-state index in [2.05, 4.69) is 31.4 Å². The van der Waals surface area contributed by atoms with Gasteiger partial charge in [-0.1, -0.05) is 31.4 Å². The minimum atomic E-state index is 0.822. The van der Waals surface area contributed by atoms with Crippen molar-refractivity contribution in [2.24, 2.45) is 11.8 Å². The molecular formula is C17H16. The van der Waals surface area contributed by atoms with Crippen LogP contribution in [0.3, 0.4) is 0 Å². The van der Waals surface area contributed by atoms with Gasteiger partial charge in [0.2, 0.25) is 0 Å². The van der Waals surface area contributed by atoms with E-state index in [0.717, 1.165) is 18.3 Å². The van der Waals surface area contributed by atoms with E-state index < -0.39 is 0 Å². The third-order valence-corrected chi connectivity index (χ3v) is 4.45. The molecule has 0 heterocycles. The molecule has 0 N–H and O–H groups in total. The minimum Gasteiger partial charge on any atom is -0.0984 e. The summed E-state index contributed by atoms with van der Waals surface area (Å²) in [6.07, 6.45) is 10.6. The maximum Gasteiger partial charge on any atom is -0.0119 e. The van der Waals surface area contributed by atoms with Crippen LogP contribution >= 0.6 is 0 Å². The van der Waals surface area contributed by atoms with Gasteiger partial charge in [0.15, 0.2) is 0 Å². The molecule has 3 aliphatic carbocycles. The van der Waals surface area contributed by atoms with Gasteiger partial charge in [0.1, 0.15) is 0 Å². The molecular weight excluding hydrogens is 204 g/mol. The lowest BCUT2D eigenvalue weighted by Crippen LogP contribution is -2.31. The first kappa shape index (κ1) is 9.47. The second-order valence-electron chi connectivity index (χ2n) is 5.53. The Hall–Kier alpha value is -1.56. The third-order valence-electron chi connectivity index (χ3n) is 4.45. The lowest BCUT2D eigenvalue weighted by Gasteiger charge is -2.10. The molecule has 2 atom stereocenters. The van der Waals surface area contributed by atoms with Gasteiger partial charge in [-0.25, -0.2) is 0 Å². The average molecular weight is 220 g/mol. The topological polar surface area (TPSA) is 0 Å². The Labute approximate surface area is 102 Å². The summed E-state index contributed by atoms with van der Waals surface area (Å²) in [5.74, 6) is 1.65. The zero-order valence-corrected chi connectivity index (χ0v) is 10.00.